The maximum Gasteiger partial charge on any atom is 0.387 e. The second-order valence-electron chi connectivity index (χ2n) is 6.76. The molecule has 0 saturated heterocycles. The van der Waals surface area contributed by atoms with Crippen LogP contribution in [0.3, 0.4) is 0 Å². The highest BCUT2D eigenvalue weighted by Crippen LogP contribution is 2.40. The monoisotopic (exact) mass is 440 g/mol. The number of thioether (sulfide) groups is 1. The van der Waals surface area contributed by atoms with E-state index >= 15 is 0 Å². The molecule has 30 heavy (non-hydrogen) atoms. The Balaban J connectivity index is 1.66. The van der Waals surface area contributed by atoms with Crippen LogP contribution in [0.1, 0.15) is 32.6 Å². The Morgan fingerprint density at radius 3 is 2.67 bits per heavy atom. The van der Waals surface area contributed by atoms with Crippen molar-refractivity contribution < 1.29 is 27.8 Å². The fourth-order valence-corrected chi connectivity index (χ4v) is 4.41. The Morgan fingerprint density at radius 1 is 1.33 bits per heavy atom. The van der Waals surface area contributed by atoms with E-state index in [0.29, 0.717) is 48.0 Å². The van der Waals surface area contributed by atoms with Crippen molar-refractivity contribution in [3.8, 4) is 17.1 Å². The number of Topliss-reactive ketones (excluding diaryl/α,β-unsaturated/α-hetero) is 1. The summed E-state index contributed by atoms with van der Waals surface area (Å²) in [6, 6.07) is 5.87. The third-order valence-corrected chi connectivity index (χ3v) is 5.91. The summed E-state index contributed by atoms with van der Waals surface area (Å²) >= 11 is 1.28. The number of carbonyl (C=O) groups excluding carboxylic acids is 2. The average Bonchev–Trinajstić information content (AvgIpc) is 3.26. The van der Waals surface area contributed by atoms with Gasteiger partial charge < -0.3 is 15.3 Å². The summed E-state index contributed by atoms with van der Waals surface area (Å²) in [6.45, 7) is -0.964. The van der Waals surface area contributed by atoms with Gasteiger partial charge in [0.1, 0.15) is 16.9 Å². The molecule has 1 fully saturated rings. The van der Waals surface area contributed by atoms with E-state index in [0.717, 1.165) is 0 Å². The van der Waals surface area contributed by atoms with Crippen LogP contribution in [-0.4, -0.2) is 45.6 Å². The summed E-state index contributed by atoms with van der Waals surface area (Å²) in [7, 11) is 0. The zero-order valence-electron chi connectivity index (χ0n) is 16.3. The van der Waals surface area contributed by atoms with Crippen molar-refractivity contribution in [3.63, 3.8) is 0 Å². The summed E-state index contributed by atoms with van der Waals surface area (Å²) in [6.07, 6.45) is 1.87. The Bertz CT molecular complexity index is 906. The highest BCUT2D eigenvalue weighted by atomic mass is 32.2. The van der Waals surface area contributed by atoms with E-state index < -0.39 is 18.0 Å². The van der Waals surface area contributed by atoms with Gasteiger partial charge in [-0.25, -0.2) is 4.68 Å². The molecule has 0 aliphatic heterocycles. The molecule has 0 spiro atoms. The highest BCUT2D eigenvalue weighted by Gasteiger charge is 2.49. The van der Waals surface area contributed by atoms with E-state index in [9.17, 15) is 18.4 Å². The van der Waals surface area contributed by atoms with Gasteiger partial charge in [-0.1, -0.05) is 11.8 Å². The molecule has 1 aromatic heterocycles. The van der Waals surface area contributed by atoms with E-state index in [4.69, 9.17) is 10.6 Å². The number of nitrogens with zero attached hydrogens (tertiary/aromatic N) is 3. The van der Waals surface area contributed by atoms with Gasteiger partial charge >= 0.3 is 12.6 Å². The summed E-state index contributed by atoms with van der Waals surface area (Å²) < 4.78 is 35.3. The summed E-state index contributed by atoms with van der Waals surface area (Å²) in [4.78, 5) is 24.8. The molecule has 1 aromatic carbocycles. The van der Waals surface area contributed by atoms with Crippen LogP contribution in [0.15, 0.2) is 29.4 Å². The number of hydrogen-bond acceptors (Lipinski definition) is 8. The molecule has 162 valence electrons. The largest absolute Gasteiger partial charge is 0.465 e. The predicted octanol–water partition coefficient (Wildman–Crippen LogP) is 3.05. The summed E-state index contributed by atoms with van der Waals surface area (Å²) in [5, 5.41) is 8.50. The van der Waals surface area contributed by atoms with Crippen molar-refractivity contribution in [2.75, 3.05) is 18.2 Å². The van der Waals surface area contributed by atoms with Crippen LogP contribution in [0.5, 0.6) is 5.75 Å². The fraction of sp³-hybridized carbons (Fsp3) is 0.474. The standard InChI is InChI=1S/C19H22F2N4O4S/c1-2-28-16(27)19(9-3-4-14(19)26)10-11-30-18-24-23-15(25(18)22)12-5-7-13(8-6-12)29-17(20)21/h5-8,17H,2-4,9-11,22H2,1H3. The number of carbonyl (C=O) groups is 2. The lowest BCUT2D eigenvalue weighted by molar-refractivity contribution is -0.158. The minimum absolute atomic E-state index is 0.0249. The Kier molecular flexibility index (Phi) is 6.91. The first-order valence-electron chi connectivity index (χ1n) is 9.46. The topological polar surface area (TPSA) is 109 Å². The SMILES string of the molecule is CCOC(=O)C1(CCSc2nnc(-c3ccc(OC(F)F)cc3)n2N)CCCC1=O. The number of nitrogen functional groups attached to an aromatic ring is 1. The van der Waals surface area contributed by atoms with E-state index in [1.165, 1.54) is 28.6 Å². The number of ketones is 1. The molecule has 2 N–H and O–H groups in total. The second kappa shape index (κ2) is 9.41. The molecule has 8 nitrogen and oxygen atoms in total. The van der Waals surface area contributed by atoms with Crippen LogP contribution in [0.4, 0.5) is 8.78 Å². The number of benzene rings is 1. The summed E-state index contributed by atoms with van der Waals surface area (Å²) in [5.74, 6) is 6.33. The molecule has 11 heteroatoms. The lowest BCUT2D eigenvalue weighted by Crippen LogP contribution is -2.37. The molecule has 1 saturated carbocycles. The van der Waals surface area contributed by atoms with E-state index in [2.05, 4.69) is 14.9 Å². The van der Waals surface area contributed by atoms with Crippen LogP contribution in [-0.2, 0) is 14.3 Å². The van der Waals surface area contributed by atoms with Crippen molar-refractivity contribution >= 4 is 23.5 Å². The molecule has 1 atom stereocenters. The number of nitrogens with two attached hydrogens (primary N) is 1. The van der Waals surface area contributed by atoms with Crippen LogP contribution < -0.4 is 10.6 Å². The fourth-order valence-electron chi connectivity index (χ4n) is 3.46. The quantitative estimate of drug-likeness (QED) is 0.274. The minimum Gasteiger partial charge on any atom is -0.465 e. The van der Waals surface area contributed by atoms with Crippen molar-refractivity contribution in [1.29, 1.82) is 0 Å². The van der Waals surface area contributed by atoms with Crippen LogP contribution >= 0.6 is 11.8 Å². The van der Waals surface area contributed by atoms with Crippen molar-refractivity contribution in [1.82, 2.24) is 14.9 Å². The Hall–Kier alpha value is -2.69. The second-order valence-corrected chi connectivity index (χ2v) is 7.82. The predicted molar refractivity (Wildman–Crippen MR) is 106 cm³/mol. The Labute approximate surface area is 176 Å². The van der Waals surface area contributed by atoms with Gasteiger partial charge in [-0.15, -0.1) is 10.2 Å². The third kappa shape index (κ3) is 4.55. The number of aromatic nitrogens is 3. The van der Waals surface area contributed by atoms with E-state index in [1.807, 2.05) is 0 Å². The number of hydrogen-bond donors (Lipinski definition) is 1. The van der Waals surface area contributed by atoms with Gasteiger partial charge in [-0.05, 0) is 50.5 Å². The number of halogens is 2. The molecule has 0 radical (unpaired) electrons. The van der Waals surface area contributed by atoms with Gasteiger partial charge in [0.05, 0.1) is 6.61 Å². The molecule has 2 aromatic rings. The van der Waals surface area contributed by atoms with Gasteiger partial charge in [0.2, 0.25) is 5.16 Å². The van der Waals surface area contributed by atoms with Gasteiger partial charge in [0.15, 0.2) is 5.82 Å². The zero-order valence-corrected chi connectivity index (χ0v) is 17.2. The minimum atomic E-state index is -2.90. The molecule has 1 aliphatic rings. The molecule has 1 aliphatic carbocycles. The average molecular weight is 440 g/mol. The van der Waals surface area contributed by atoms with Crippen molar-refractivity contribution in [3.05, 3.63) is 24.3 Å². The number of ether oxygens (including phenoxy) is 2. The first-order valence-corrected chi connectivity index (χ1v) is 10.4. The lowest BCUT2D eigenvalue weighted by atomic mass is 9.82. The first kappa shape index (κ1) is 22.0. The first-order chi connectivity index (χ1) is 14.4. The van der Waals surface area contributed by atoms with Crippen LogP contribution in [0, 0.1) is 5.41 Å². The molecular formula is C19H22F2N4O4S. The number of alkyl halides is 2. The van der Waals surface area contributed by atoms with Crippen molar-refractivity contribution in [2.45, 2.75) is 44.4 Å². The van der Waals surface area contributed by atoms with Crippen molar-refractivity contribution in [2.24, 2.45) is 5.41 Å². The van der Waals surface area contributed by atoms with Crippen LogP contribution in [0.25, 0.3) is 11.4 Å². The zero-order chi connectivity index (χ0) is 21.7. The maximum atomic E-state index is 12.4. The van der Waals surface area contributed by atoms with Gasteiger partial charge in [-0.3, -0.25) is 9.59 Å². The highest BCUT2D eigenvalue weighted by molar-refractivity contribution is 7.99. The number of rotatable bonds is 9. The molecule has 3 rings (SSSR count). The molecule has 0 bridgehead atoms. The smallest absolute Gasteiger partial charge is 0.387 e. The summed E-state index contributed by atoms with van der Waals surface area (Å²) in [5.41, 5.74) is -0.515. The Morgan fingerprint density at radius 2 is 2.07 bits per heavy atom. The van der Waals surface area contributed by atoms with E-state index in [1.54, 1.807) is 19.1 Å². The number of esters is 1. The van der Waals surface area contributed by atoms with Crippen LogP contribution in [0.2, 0.25) is 0 Å². The molecule has 1 heterocycles. The maximum absolute atomic E-state index is 12.4. The molecule has 0 amide bonds. The molecular weight excluding hydrogens is 418 g/mol. The third-order valence-electron chi connectivity index (χ3n) is 4.97. The molecule has 1 unspecified atom stereocenters. The van der Waals surface area contributed by atoms with Gasteiger partial charge in [0.25, 0.3) is 0 Å². The van der Waals surface area contributed by atoms with E-state index in [-0.39, 0.29) is 18.1 Å². The van der Waals surface area contributed by atoms with Gasteiger partial charge in [0, 0.05) is 17.7 Å². The normalized spacial score (nSPS) is 18.7. The lowest BCUT2D eigenvalue weighted by Gasteiger charge is -2.24. The van der Waals surface area contributed by atoms with Gasteiger partial charge in [-0.2, -0.15) is 8.78 Å².